The standard InChI is InChI=1S/C18H22N4O2S/c19-11-12-5-4-8-14(12)21-17(23)15-9-10-16(25-15)22-18(24)20-13-6-2-1-3-7-13/h1-3,6-7,9-10,12,14H,4-5,8,11,19H2,(H,21,23)(H2,20,22,24). The van der Waals surface area contributed by atoms with E-state index in [9.17, 15) is 9.59 Å². The van der Waals surface area contributed by atoms with Crippen LogP contribution in [0, 0.1) is 5.92 Å². The number of urea groups is 1. The number of hydrogen-bond donors (Lipinski definition) is 4. The normalized spacial score (nSPS) is 19.4. The van der Waals surface area contributed by atoms with Gasteiger partial charge in [0.15, 0.2) is 0 Å². The Morgan fingerprint density at radius 2 is 1.88 bits per heavy atom. The third kappa shape index (κ3) is 4.58. The maximum atomic E-state index is 12.4. The van der Waals surface area contributed by atoms with Crippen molar-refractivity contribution in [3.8, 4) is 0 Å². The van der Waals surface area contributed by atoms with Crippen molar-refractivity contribution >= 4 is 34.0 Å². The maximum Gasteiger partial charge on any atom is 0.324 e. The molecule has 5 N–H and O–H groups in total. The Morgan fingerprint density at radius 3 is 2.64 bits per heavy atom. The van der Waals surface area contributed by atoms with Crippen LogP contribution < -0.4 is 21.7 Å². The fraction of sp³-hybridized carbons (Fsp3) is 0.333. The molecule has 25 heavy (non-hydrogen) atoms. The number of hydrogen-bond acceptors (Lipinski definition) is 4. The molecule has 0 aliphatic heterocycles. The molecule has 132 valence electrons. The quantitative estimate of drug-likeness (QED) is 0.660. The second-order valence-corrected chi connectivity index (χ2v) is 7.20. The Balaban J connectivity index is 1.54. The van der Waals surface area contributed by atoms with Crippen molar-refractivity contribution < 1.29 is 9.59 Å². The van der Waals surface area contributed by atoms with Gasteiger partial charge in [-0.15, -0.1) is 11.3 Å². The smallest absolute Gasteiger partial charge is 0.324 e. The fourth-order valence-corrected chi connectivity index (χ4v) is 3.88. The first-order chi connectivity index (χ1) is 12.2. The molecule has 2 unspecified atom stereocenters. The number of thiophene rings is 1. The van der Waals surface area contributed by atoms with Crippen LogP contribution in [0.4, 0.5) is 15.5 Å². The Hall–Kier alpha value is -2.38. The van der Waals surface area contributed by atoms with Crippen LogP contribution in [-0.4, -0.2) is 24.5 Å². The highest BCUT2D eigenvalue weighted by Crippen LogP contribution is 2.26. The van der Waals surface area contributed by atoms with Gasteiger partial charge in [-0.2, -0.15) is 0 Å². The second-order valence-electron chi connectivity index (χ2n) is 6.12. The lowest BCUT2D eigenvalue weighted by Crippen LogP contribution is -2.39. The Morgan fingerprint density at radius 1 is 1.08 bits per heavy atom. The number of amides is 3. The summed E-state index contributed by atoms with van der Waals surface area (Å²) in [5.74, 6) is 0.255. The molecule has 3 amide bonds. The Labute approximate surface area is 150 Å². The van der Waals surface area contributed by atoms with Crippen molar-refractivity contribution in [2.45, 2.75) is 25.3 Å². The zero-order valence-electron chi connectivity index (χ0n) is 13.8. The summed E-state index contributed by atoms with van der Waals surface area (Å²) >= 11 is 1.26. The van der Waals surface area contributed by atoms with E-state index in [1.54, 1.807) is 12.1 Å². The highest BCUT2D eigenvalue weighted by atomic mass is 32.1. The number of para-hydroxylation sites is 1. The second kappa shape index (κ2) is 8.13. The summed E-state index contributed by atoms with van der Waals surface area (Å²) in [6, 6.07) is 12.5. The third-order valence-corrected chi connectivity index (χ3v) is 5.38. The number of benzene rings is 1. The van der Waals surface area contributed by atoms with Gasteiger partial charge in [0.05, 0.1) is 9.88 Å². The number of carbonyl (C=O) groups is 2. The van der Waals surface area contributed by atoms with Crippen LogP contribution in [0.15, 0.2) is 42.5 Å². The van der Waals surface area contributed by atoms with Crippen LogP contribution in [-0.2, 0) is 0 Å². The van der Waals surface area contributed by atoms with E-state index in [0.29, 0.717) is 28.0 Å². The molecular weight excluding hydrogens is 336 g/mol. The van der Waals surface area contributed by atoms with Crippen molar-refractivity contribution in [3.63, 3.8) is 0 Å². The predicted molar refractivity (Wildman–Crippen MR) is 101 cm³/mol. The molecule has 0 radical (unpaired) electrons. The highest BCUT2D eigenvalue weighted by molar-refractivity contribution is 7.18. The molecule has 3 rings (SSSR count). The minimum Gasteiger partial charge on any atom is -0.348 e. The van der Waals surface area contributed by atoms with Gasteiger partial charge in [0, 0.05) is 11.7 Å². The average Bonchev–Trinajstić information content (AvgIpc) is 3.24. The molecule has 2 atom stereocenters. The van der Waals surface area contributed by atoms with Gasteiger partial charge in [0.2, 0.25) is 0 Å². The van der Waals surface area contributed by atoms with Crippen molar-refractivity contribution in [2.75, 3.05) is 17.2 Å². The van der Waals surface area contributed by atoms with E-state index in [4.69, 9.17) is 5.73 Å². The summed E-state index contributed by atoms with van der Waals surface area (Å²) in [6.45, 7) is 0.599. The van der Waals surface area contributed by atoms with Gasteiger partial charge in [-0.1, -0.05) is 24.6 Å². The molecule has 0 bridgehead atoms. The van der Waals surface area contributed by atoms with Gasteiger partial charge in [-0.25, -0.2) is 4.79 Å². The average molecular weight is 358 g/mol. The maximum absolute atomic E-state index is 12.4. The number of anilines is 2. The summed E-state index contributed by atoms with van der Waals surface area (Å²) in [6.07, 6.45) is 3.14. The molecule has 1 aromatic carbocycles. The molecule has 0 spiro atoms. The topological polar surface area (TPSA) is 96.2 Å². The first kappa shape index (κ1) is 17.4. The molecule has 2 aromatic rings. The van der Waals surface area contributed by atoms with Crippen molar-refractivity contribution in [3.05, 3.63) is 47.3 Å². The molecule has 1 saturated carbocycles. The summed E-state index contributed by atoms with van der Waals surface area (Å²) in [5, 5.41) is 9.18. The molecule has 0 saturated heterocycles. The summed E-state index contributed by atoms with van der Waals surface area (Å²) in [7, 11) is 0. The van der Waals surface area contributed by atoms with E-state index < -0.39 is 0 Å². The predicted octanol–water partition coefficient (Wildman–Crippen LogP) is 3.25. The van der Waals surface area contributed by atoms with Gasteiger partial charge in [-0.05, 0) is 49.6 Å². The van der Waals surface area contributed by atoms with E-state index >= 15 is 0 Å². The monoisotopic (exact) mass is 358 g/mol. The molecule has 1 fully saturated rings. The van der Waals surface area contributed by atoms with Crippen molar-refractivity contribution in [1.82, 2.24) is 5.32 Å². The first-order valence-electron chi connectivity index (χ1n) is 8.39. The zero-order valence-corrected chi connectivity index (χ0v) is 14.6. The zero-order chi connectivity index (χ0) is 17.6. The van der Waals surface area contributed by atoms with E-state index in [0.717, 1.165) is 19.3 Å². The lowest BCUT2D eigenvalue weighted by Gasteiger charge is -2.18. The number of carbonyl (C=O) groups excluding carboxylic acids is 2. The van der Waals surface area contributed by atoms with Crippen LogP contribution in [0.25, 0.3) is 0 Å². The molecule has 7 heteroatoms. The fourth-order valence-electron chi connectivity index (χ4n) is 3.07. The lowest BCUT2D eigenvalue weighted by atomic mass is 10.0. The molecule has 1 aromatic heterocycles. The molecule has 1 aliphatic carbocycles. The van der Waals surface area contributed by atoms with Gasteiger partial charge in [0.1, 0.15) is 0 Å². The Bertz CT molecular complexity index is 732. The van der Waals surface area contributed by atoms with E-state index in [-0.39, 0.29) is 18.0 Å². The Kier molecular flexibility index (Phi) is 5.67. The SMILES string of the molecule is NCC1CCCC1NC(=O)c1ccc(NC(=O)Nc2ccccc2)s1. The third-order valence-electron chi connectivity index (χ3n) is 4.38. The van der Waals surface area contributed by atoms with Crippen LogP contribution >= 0.6 is 11.3 Å². The molecule has 1 aliphatic rings. The van der Waals surface area contributed by atoms with E-state index in [2.05, 4.69) is 16.0 Å². The van der Waals surface area contributed by atoms with Crippen LogP contribution in [0.3, 0.4) is 0 Å². The molecule has 1 heterocycles. The van der Waals surface area contributed by atoms with E-state index in [1.807, 2.05) is 30.3 Å². The van der Waals surface area contributed by atoms with Gasteiger partial charge >= 0.3 is 6.03 Å². The summed E-state index contributed by atoms with van der Waals surface area (Å²) in [4.78, 5) is 25.0. The lowest BCUT2D eigenvalue weighted by molar-refractivity contribution is 0.0933. The minimum absolute atomic E-state index is 0.105. The van der Waals surface area contributed by atoms with Gasteiger partial charge in [-0.3, -0.25) is 10.1 Å². The first-order valence-corrected chi connectivity index (χ1v) is 9.21. The van der Waals surface area contributed by atoms with Gasteiger partial charge in [0.25, 0.3) is 5.91 Å². The molecular formula is C18H22N4O2S. The minimum atomic E-state index is -0.334. The van der Waals surface area contributed by atoms with Gasteiger partial charge < -0.3 is 16.4 Å². The number of rotatable bonds is 5. The van der Waals surface area contributed by atoms with Crippen LogP contribution in [0.5, 0.6) is 0 Å². The summed E-state index contributed by atoms with van der Waals surface area (Å²) < 4.78 is 0. The highest BCUT2D eigenvalue weighted by Gasteiger charge is 2.28. The largest absolute Gasteiger partial charge is 0.348 e. The van der Waals surface area contributed by atoms with Crippen molar-refractivity contribution in [2.24, 2.45) is 11.7 Å². The molecule has 6 nitrogen and oxygen atoms in total. The van der Waals surface area contributed by atoms with E-state index in [1.165, 1.54) is 11.3 Å². The number of nitrogens with two attached hydrogens (primary N) is 1. The summed E-state index contributed by atoms with van der Waals surface area (Å²) in [5.41, 5.74) is 6.47. The van der Waals surface area contributed by atoms with Crippen LogP contribution in [0.2, 0.25) is 0 Å². The number of nitrogens with one attached hydrogen (secondary N) is 3. The van der Waals surface area contributed by atoms with Crippen molar-refractivity contribution in [1.29, 1.82) is 0 Å². The van der Waals surface area contributed by atoms with Crippen LogP contribution in [0.1, 0.15) is 28.9 Å².